The van der Waals surface area contributed by atoms with Crippen molar-refractivity contribution in [3.63, 3.8) is 0 Å². The average Bonchev–Trinajstić information content (AvgIpc) is 1.88. The zero-order valence-electron chi connectivity index (χ0n) is 6.88. The number of likely N-dealkylation sites (N-methyl/N-ethyl adjacent to an activating group) is 1. The maximum atomic E-state index is 9.09. The van der Waals surface area contributed by atoms with Gasteiger partial charge in [0.2, 0.25) is 0 Å². The number of rotatable bonds is 5. The van der Waals surface area contributed by atoms with E-state index in [-0.39, 0.29) is 6.10 Å². The molecular weight excluding hydrogens is 128 g/mol. The number of hydrogen-bond acceptors (Lipinski definition) is 3. The largest absolute Gasteiger partial charge is 0.390 e. The van der Waals surface area contributed by atoms with Crippen LogP contribution < -0.4 is 5.73 Å². The molecule has 3 heteroatoms. The molecule has 0 aliphatic heterocycles. The van der Waals surface area contributed by atoms with Crippen molar-refractivity contribution in [2.24, 2.45) is 5.73 Å². The van der Waals surface area contributed by atoms with Gasteiger partial charge in [0.05, 0.1) is 6.10 Å². The summed E-state index contributed by atoms with van der Waals surface area (Å²) in [5, 5.41) is 9.09. The molecule has 0 aromatic rings. The molecule has 3 N–H and O–H groups in total. The summed E-state index contributed by atoms with van der Waals surface area (Å²) in [5.41, 5.74) is 5.24. The zero-order valence-corrected chi connectivity index (χ0v) is 6.88. The summed E-state index contributed by atoms with van der Waals surface area (Å²) in [6.45, 7) is 4.18. The van der Waals surface area contributed by atoms with Crippen molar-refractivity contribution in [1.29, 1.82) is 0 Å². The standard InChI is InChI=1S/C7H18N2O/c1-3-4-9(2)6-7(10)5-8/h7,10H,3-6,8H2,1-2H3/t7-/m0/s1. The van der Waals surface area contributed by atoms with E-state index in [1.165, 1.54) is 0 Å². The predicted molar refractivity (Wildman–Crippen MR) is 42.8 cm³/mol. The van der Waals surface area contributed by atoms with Crippen molar-refractivity contribution in [1.82, 2.24) is 4.90 Å². The molecule has 0 fully saturated rings. The normalized spacial score (nSPS) is 14.1. The number of hydrogen-bond donors (Lipinski definition) is 2. The highest BCUT2D eigenvalue weighted by atomic mass is 16.3. The SMILES string of the molecule is CCCN(C)C[C@@H](O)CN. The van der Waals surface area contributed by atoms with Gasteiger partial charge in [-0.2, -0.15) is 0 Å². The summed E-state index contributed by atoms with van der Waals surface area (Å²) in [6, 6.07) is 0. The molecule has 0 unspecified atom stereocenters. The van der Waals surface area contributed by atoms with E-state index in [4.69, 9.17) is 10.8 Å². The van der Waals surface area contributed by atoms with Gasteiger partial charge in [-0.15, -0.1) is 0 Å². The molecule has 0 aliphatic carbocycles. The monoisotopic (exact) mass is 146 g/mol. The highest BCUT2D eigenvalue weighted by molar-refractivity contribution is 4.60. The van der Waals surface area contributed by atoms with Gasteiger partial charge in [0, 0.05) is 13.1 Å². The van der Waals surface area contributed by atoms with Crippen LogP contribution in [-0.4, -0.2) is 42.8 Å². The van der Waals surface area contributed by atoms with E-state index in [0.717, 1.165) is 13.0 Å². The zero-order chi connectivity index (χ0) is 7.98. The second-order valence-corrected chi connectivity index (χ2v) is 2.65. The fourth-order valence-corrected chi connectivity index (χ4v) is 0.907. The van der Waals surface area contributed by atoms with Crippen LogP contribution in [0.1, 0.15) is 13.3 Å². The van der Waals surface area contributed by atoms with E-state index in [2.05, 4.69) is 11.8 Å². The molecule has 0 amide bonds. The summed E-state index contributed by atoms with van der Waals surface area (Å²) in [6.07, 6.45) is 0.755. The Labute approximate surface area is 62.8 Å². The molecule has 10 heavy (non-hydrogen) atoms. The summed E-state index contributed by atoms with van der Waals surface area (Å²) in [4.78, 5) is 2.08. The van der Waals surface area contributed by atoms with Crippen LogP contribution in [-0.2, 0) is 0 Å². The first-order valence-electron chi connectivity index (χ1n) is 3.77. The van der Waals surface area contributed by atoms with E-state index >= 15 is 0 Å². The number of nitrogens with zero attached hydrogens (tertiary/aromatic N) is 1. The molecule has 0 aliphatic rings. The third-order valence-corrected chi connectivity index (χ3v) is 1.40. The van der Waals surface area contributed by atoms with Crippen LogP contribution in [0, 0.1) is 0 Å². The fourth-order valence-electron chi connectivity index (χ4n) is 0.907. The van der Waals surface area contributed by atoms with E-state index in [1.54, 1.807) is 0 Å². The summed E-state index contributed by atoms with van der Waals surface area (Å²) in [5.74, 6) is 0. The second kappa shape index (κ2) is 5.65. The number of nitrogens with two attached hydrogens (primary N) is 1. The first-order chi connectivity index (χ1) is 4.70. The van der Waals surface area contributed by atoms with Gasteiger partial charge in [0.1, 0.15) is 0 Å². The number of aliphatic hydroxyl groups is 1. The van der Waals surface area contributed by atoms with Crippen LogP contribution in [0.5, 0.6) is 0 Å². The molecule has 0 saturated heterocycles. The Balaban J connectivity index is 3.27. The maximum absolute atomic E-state index is 9.09. The Bertz CT molecular complexity index is 78.0. The first kappa shape index (κ1) is 9.88. The topological polar surface area (TPSA) is 49.5 Å². The minimum absolute atomic E-state index is 0.355. The molecule has 1 atom stereocenters. The molecule has 0 aromatic heterocycles. The van der Waals surface area contributed by atoms with Crippen molar-refractivity contribution in [2.45, 2.75) is 19.4 Å². The molecule has 0 rings (SSSR count). The molecule has 0 spiro atoms. The van der Waals surface area contributed by atoms with Gasteiger partial charge in [-0.1, -0.05) is 6.92 Å². The Morgan fingerprint density at radius 3 is 2.60 bits per heavy atom. The van der Waals surface area contributed by atoms with Crippen LogP contribution in [0.3, 0.4) is 0 Å². The lowest BCUT2D eigenvalue weighted by Crippen LogP contribution is -2.34. The van der Waals surface area contributed by atoms with Crippen LogP contribution in [0.25, 0.3) is 0 Å². The van der Waals surface area contributed by atoms with Crippen molar-refractivity contribution >= 4 is 0 Å². The van der Waals surface area contributed by atoms with Gasteiger partial charge in [0.25, 0.3) is 0 Å². The minimum Gasteiger partial charge on any atom is -0.390 e. The summed E-state index contributed by atoms with van der Waals surface area (Å²) in [7, 11) is 1.99. The Kier molecular flexibility index (Phi) is 5.58. The lowest BCUT2D eigenvalue weighted by atomic mass is 10.3. The molecule has 0 bridgehead atoms. The van der Waals surface area contributed by atoms with Gasteiger partial charge in [-0.3, -0.25) is 0 Å². The molecule has 0 radical (unpaired) electrons. The summed E-state index contributed by atoms with van der Waals surface area (Å²) < 4.78 is 0. The molecule has 3 nitrogen and oxygen atoms in total. The molecule has 0 aromatic carbocycles. The van der Waals surface area contributed by atoms with Crippen molar-refractivity contribution in [2.75, 3.05) is 26.7 Å². The van der Waals surface area contributed by atoms with Crippen LogP contribution >= 0.6 is 0 Å². The van der Waals surface area contributed by atoms with Gasteiger partial charge in [-0.25, -0.2) is 0 Å². The highest BCUT2D eigenvalue weighted by Crippen LogP contribution is 1.88. The smallest absolute Gasteiger partial charge is 0.0788 e. The quantitative estimate of drug-likeness (QED) is 0.557. The van der Waals surface area contributed by atoms with Crippen molar-refractivity contribution in [3.8, 4) is 0 Å². The second-order valence-electron chi connectivity index (χ2n) is 2.65. The van der Waals surface area contributed by atoms with Gasteiger partial charge in [0.15, 0.2) is 0 Å². The molecular formula is C7H18N2O. The van der Waals surface area contributed by atoms with E-state index in [1.807, 2.05) is 7.05 Å². The molecule has 0 saturated carbocycles. The fraction of sp³-hybridized carbons (Fsp3) is 1.00. The van der Waals surface area contributed by atoms with Crippen LogP contribution in [0.4, 0.5) is 0 Å². The van der Waals surface area contributed by atoms with E-state index in [0.29, 0.717) is 13.1 Å². The highest BCUT2D eigenvalue weighted by Gasteiger charge is 2.03. The average molecular weight is 146 g/mol. The lowest BCUT2D eigenvalue weighted by Gasteiger charge is -2.18. The minimum atomic E-state index is -0.364. The van der Waals surface area contributed by atoms with Gasteiger partial charge < -0.3 is 15.7 Å². The Morgan fingerprint density at radius 1 is 1.60 bits per heavy atom. The maximum Gasteiger partial charge on any atom is 0.0788 e. The van der Waals surface area contributed by atoms with Crippen molar-refractivity contribution < 1.29 is 5.11 Å². The van der Waals surface area contributed by atoms with Gasteiger partial charge in [-0.05, 0) is 20.0 Å². The third kappa shape index (κ3) is 4.73. The molecule has 62 valence electrons. The van der Waals surface area contributed by atoms with Crippen LogP contribution in [0.15, 0.2) is 0 Å². The Morgan fingerprint density at radius 2 is 2.20 bits per heavy atom. The third-order valence-electron chi connectivity index (χ3n) is 1.40. The van der Waals surface area contributed by atoms with E-state index in [9.17, 15) is 0 Å². The predicted octanol–water partition coefficient (Wildman–Crippen LogP) is -0.352. The van der Waals surface area contributed by atoms with Gasteiger partial charge >= 0.3 is 0 Å². The van der Waals surface area contributed by atoms with Crippen molar-refractivity contribution in [3.05, 3.63) is 0 Å². The Hall–Kier alpha value is -0.120. The number of aliphatic hydroxyl groups excluding tert-OH is 1. The lowest BCUT2D eigenvalue weighted by molar-refractivity contribution is 0.132. The molecule has 0 heterocycles. The first-order valence-corrected chi connectivity index (χ1v) is 3.77. The van der Waals surface area contributed by atoms with E-state index < -0.39 is 0 Å². The van der Waals surface area contributed by atoms with Crippen LogP contribution in [0.2, 0.25) is 0 Å². The summed E-state index contributed by atoms with van der Waals surface area (Å²) >= 11 is 0.